The van der Waals surface area contributed by atoms with Crippen LogP contribution in [0.25, 0.3) is 0 Å². The van der Waals surface area contributed by atoms with Crippen molar-refractivity contribution in [2.75, 3.05) is 25.6 Å². The SMILES string of the molecule is COCCCCCNc1ncc(C(=O)O)c(C)n1. The standard InChI is InChI=1S/C12H19N3O3/c1-9-10(11(16)17)8-14-12(15-9)13-6-4-3-5-7-18-2/h8H,3-7H2,1-2H3,(H,16,17)(H,13,14,15). The Hall–Kier alpha value is -1.69. The van der Waals surface area contributed by atoms with Gasteiger partial charge in [0.1, 0.15) is 0 Å². The van der Waals surface area contributed by atoms with Crippen LogP contribution in [0.5, 0.6) is 0 Å². The Labute approximate surface area is 106 Å². The number of nitrogens with zero attached hydrogens (tertiary/aromatic N) is 2. The van der Waals surface area contributed by atoms with Crippen molar-refractivity contribution < 1.29 is 14.6 Å². The number of ether oxygens (including phenoxy) is 1. The molecule has 0 aliphatic rings. The molecule has 0 spiro atoms. The summed E-state index contributed by atoms with van der Waals surface area (Å²) in [7, 11) is 1.69. The van der Waals surface area contributed by atoms with Crippen LogP contribution in [0, 0.1) is 6.92 Å². The van der Waals surface area contributed by atoms with Gasteiger partial charge in [0.25, 0.3) is 0 Å². The smallest absolute Gasteiger partial charge is 0.339 e. The van der Waals surface area contributed by atoms with E-state index in [1.165, 1.54) is 6.20 Å². The van der Waals surface area contributed by atoms with E-state index < -0.39 is 5.97 Å². The number of carboxylic acids is 1. The second kappa shape index (κ2) is 7.60. The highest BCUT2D eigenvalue weighted by molar-refractivity contribution is 5.88. The molecule has 0 atom stereocenters. The first kappa shape index (κ1) is 14.4. The molecule has 100 valence electrons. The van der Waals surface area contributed by atoms with Gasteiger partial charge in [-0.25, -0.2) is 14.8 Å². The van der Waals surface area contributed by atoms with E-state index in [9.17, 15) is 4.79 Å². The highest BCUT2D eigenvalue weighted by Crippen LogP contribution is 2.07. The molecule has 6 heteroatoms. The Bertz CT molecular complexity index is 396. The van der Waals surface area contributed by atoms with Crippen molar-refractivity contribution in [1.29, 1.82) is 0 Å². The predicted molar refractivity (Wildman–Crippen MR) is 67.9 cm³/mol. The Morgan fingerprint density at radius 2 is 2.22 bits per heavy atom. The lowest BCUT2D eigenvalue weighted by Gasteiger charge is -2.06. The zero-order chi connectivity index (χ0) is 13.4. The van der Waals surface area contributed by atoms with Gasteiger partial charge < -0.3 is 15.2 Å². The largest absolute Gasteiger partial charge is 0.478 e. The number of aromatic nitrogens is 2. The molecule has 0 radical (unpaired) electrons. The molecule has 0 aliphatic heterocycles. The van der Waals surface area contributed by atoms with Gasteiger partial charge in [0, 0.05) is 26.5 Å². The topological polar surface area (TPSA) is 84.3 Å². The molecule has 2 N–H and O–H groups in total. The van der Waals surface area contributed by atoms with E-state index >= 15 is 0 Å². The summed E-state index contributed by atoms with van der Waals surface area (Å²) in [5.41, 5.74) is 0.611. The summed E-state index contributed by atoms with van der Waals surface area (Å²) < 4.78 is 4.96. The van der Waals surface area contributed by atoms with Crippen molar-refractivity contribution >= 4 is 11.9 Å². The zero-order valence-electron chi connectivity index (χ0n) is 10.8. The normalized spacial score (nSPS) is 10.3. The average molecular weight is 253 g/mol. The number of methoxy groups -OCH3 is 1. The third-order valence-electron chi connectivity index (χ3n) is 2.52. The Morgan fingerprint density at radius 3 is 2.83 bits per heavy atom. The Kier molecular flexibility index (Phi) is 6.07. The van der Waals surface area contributed by atoms with E-state index in [4.69, 9.17) is 9.84 Å². The summed E-state index contributed by atoms with van der Waals surface area (Å²) in [6, 6.07) is 0. The number of carbonyl (C=O) groups is 1. The first-order valence-corrected chi connectivity index (χ1v) is 5.95. The highest BCUT2D eigenvalue weighted by atomic mass is 16.5. The van der Waals surface area contributed by atoms with Gasteiger partial charge in [0.05, 0.1) is 11.3 Å². The van der Waals surface area contributed by atoms with Crippen molar-refractivity contribution in [3.05, 3.63) is 17.5 Å². The Balaban J connectivity index is 2.35. The number of unbranched alkanes of at least 4 members (excludes halogenated alkanes) is 2. The second-order valence-corrected chi connectivity index (χ2v) is 3.98. The van der Waals surface area contributed by atoms with E-state index in [2.05, 4.69) is 15.3 Å². The molecule has 1 aromatic heterocycles. The first-order valence-electron chi connectivity index (χ1n) is 5.95. The second-order valence-electron chi connectivity index (χ2n) is 3.98. The molecule has 18 heavy (non-hydrogen) atoms. The van der Waals surface area contributed by atoms with Gasteiger partial charge in [0.15, 0.2) is 0 Å². The molecule has 1 rings (SSSR count). The van der Waals surface area contributed by atoms with Crippen LogP contribution in [0.4, 0.5) is 5.95 Å². The van der Waals surface area contributed by atoms with Crippen molar-refractivity contribution in [1.82, 2.24) is 9.97 Å². The molecule has 0 aromatic carbocycles. The molecule has 0 saturated heterocycles. The minimum atomic E-state index is -1.00. The molecular weight excluding hydrogens is 234 g/mol. The number of rotatable bonds is 8. The van der Waals surface area contributed by atoms with Crippen LogP contribution in [0.15, 0.2) is 6.20 Å². The summed E-state index contributed by atoms with van der Waals surface area (Å²) in [6.07, 6.45) is 4.45. The van der Waals surface area contributed by atoms with Gasteiger partial charge in [-0.05, 0) is 26.2 Å². The maximum atomic E-state index is 10.8. The first-order chi connectivity index (χ1) is 8.65. The number of aryl methyl sites for hydroxylation is 1. The van der Waals surface area contributed by atoms with Gasteiger partial charge in [-0.15, -0.1) is 0 Å². The van der Waals surface area contributed by atoms with Crippen LogP contribution in [-0.2, 0) is 4.74 Å². The number of hydrogen-bond donors (Lipinski definition) is 2. The molecule has 6 nitrogen and oxygen atoms in total. The number of hydrogen-bond acceptors (Lipinski definition) is 5. The fourth-order valence-corrected chi connectivity index (χ4v) is 1.51. The van der Waals surface area contributed by atoms with E-state index in [1.807, 2.05) is 0 Å². The van der Waals surface area contributed by atoms with E-state index in [0.29, 0.717) is 11.6 Å². The highest BCUT2D eigenvalue weighted by Gasteiger charge is 2.09. The molecule has 1 aromatic rings. The molecule has 0 bridgehead atoms. The predicted octanol–water partition coefficient (Wildman–Crippen LogP) is 1.71. The lowest BCUT2D eigenvalue weighted by molar-refractivity contribution is 0.0695. The zero-order valence-corrected chi connectivity index (χ0v) is 10.8. The lowest BCUT2D eigenvalue weighted by Crippen LogP contribution is -2.09. The fourth-order valence-electron chi connectivity index (χ4n) is 1.51. The van der Waals surface area contributed by atoms with Crippen molar-refractivity contribution in [3.63, 3.8) is 0 Å². The van der Waals surface area contributed by atoms with Crippen molar-refractivity contribution in [2.45, 2.75) is 26.2 Å². The fraction of sp³-hybridized carbons (Fsp3) is 0.583. The number of carboxylic acid groups (broad SMARTS) is 1. The summed E-state index contributed by atoms with van der Waals surface area (Å²) in [4.78, 5) is 18.8. The molecule has 0 aliphatic carbocycles. The van der Waals surface area contributed by atoms with Crippen molar-refractivity contribution in [2.24, 2.45) is 0 Å². The third-order valence-corrected chi connectivity index (χ3v) is 2.52. The molecule has 0 fully saturated rings. The van der Waals surface area contributed by atoms with Crippen molar-refractivity contribution in [3.8, 4) is 0 Å². The minimum absolute atomic E-state index is 0.139. The van der Waals surface area contributed by atoms with Gasteiger partial charge >= 0.3 is 5.97 Å². The molecule has 1 heterocycles. The van der Waals surface area contributed by atoms with Gasteiger partial charge in [0.2, 0.25) is 5.95 Å². The molecule has 0 amide bonds. The van der Waals surface area contributed by atoms with Crippen LogP contribution in [0.2, 0.25) is 0 Å². The Morgan fingerprint density at radius 1 is 1.44 bits per heavy atom. The number of nitrogens with one attached hydrogen (secondary N) is 1. The summed E-state index contributed by atoms with van der Waals surface area (Å²) in [5.74, 6) is -0.525. The summed E-state index contributed by atoms with van der Waals surface area (Å²) in [6.45, 7) is 3.22. The van der Waals surface area contributed by atoms with Crippen LogP contribution in [-0.4, -0.2) is 41.3 Å². The van der Waals surface area contributed by atoms with Crippen LogP contribution >= 0.6 is 0 Å². The van der Waals surface area contributed by atoms with Crippen LogP contribution in [0.1, 0.15) is 35.3 Å². The lowest BCUT2D eigenvalue weighted by atomic mass is 10.2. The molecule has 0 unspecified atom stereocenters. The van der Waals surface area contributed by atoms with E-state index in [0.717, 1.165) is 32.4 Å². The maximum Gasteiger partial charge on any atom is 0.339 e. The number of anilines is 1. The van der Waals surface area contributed by atoms with Crippen LogP contribution < -0.4 is 5.32 Å². The summed E-state index contributed by atoms with van der Waals surface area (Å²) >= 11 is 0. The maximum absolute atomic E-state index is 10.8. The average Bonchev–Trinajstić information content (AvgIpc) is 2.33. The summed E-state index contributed by atoms with van der Waals surface area (Å²) in [5, 5.41) is 11.9. The van der Waals surface area contributed by atoms with Gasteiger partial charge in [-0.2, -0.15) is 0 Å². The molecular formula is C12H19N3O3. The molecule has 0 saturated carbocycles. The van der Waals surface area contributed by atoms with E-state index in [1.54, 1.807) is 14.0 Å². The van der Waals surface area contributed by atoms with E-state index in [-0.39, 0.29) is 5.56 Å². The quantitative estimate of drug-likeness (QED) is 0.686. The van der Waals surface area contributed by atoms with Crippen LogP contribution in [0.3, 0.4) is 0 Å². The van der Waals surface area contributed by atoms with Gasteiger partial charge in [-0.1, -0.05) is 0 Å². The minimum Gasteiger partial charge on any atom is -0.478 e. The third kappa shape index (κ3) is 4.67. The monoisotopic (exact) mass is 253 g/mol. The number of aromatic carboxylic acids is 1. The van der Waals surface area contributed by atoms with Gasteiger partial charge in [-0.3, -0.25) is 0 Å².